The third kappa shape index (κ3) is 4.11. The summed E-state index contributed by atoms with van der Waals surface area (Å²) in [6.45, 7) is 4.50. The molecule has 1 unspecified atom stereocenters. The van der Waals surface area contributed by atoms with Gasteiger partial charge in [-0.15, -0.1) is 0 Å². The molecule has 1 N–H and O–H groups in total. The van der Waals surface area contributed by atoms with Gasteiger partial charge >= 0.3 is 0 Å². The van der Waals surface area contributed by atoms with Gasteiger partial charge in [-0.25, -0.2) is 0 Å². The highest BCUT2D eigenvalue weighted by Crippen LogP contribution is 2.26. The molecule has 132 valence electrons. The standard InChI is InChI=1S/C20H25N3O2/c24-20(21-17-8-9-17)19(16-5-2-1-3-6-16)23-12-10-22(11-13-23)15-18-7-4-14-25-18/h1-7,14,17,19H,8-13,15H2,(H,21,24). The Morgan fingerprint density at radius 3 is 2.48 bits per heavy atom. The van der Waals surface area contributed by atoms with Gasteiger partial charge in [0, 0.05) is 32.2 Å². The molecule has 1 aromatic heterocycles. The van der Waals surface area contributed by atoms with Crippen molar-refractivity contribution in [3.63, 3.8) is 0 Å². The van der Waals surface area contributed by atoms with Crippen LogP contribution in [0.15, 0.2) is 53.1 Å². The molecule has 0 spiro atoms. The van der Waals surface area contributed by atoms with Crippen molar-refractivity contribution in [2.45, 2.75) is 31.5 Å². The second-order valence-electron chi connectivity index (χ2n) is 6.99. The van der Waals surface area contributed by atoms with Gasteiger partial charge in [0.05, 0.1) is 12.8 Å². The van der Waals surface area contributed by atoms with Crippen molar-refractivity contribution in [1.82, 2.24) is 15.1 Å². The van der Waals surface area contributed by atoms with Crippen LogP contribution in [0.5, 0.6) is 0 Å². The SMILES string of the molecule is O=C(NC1CC1)C(c1ccccc1)N1CCN(Cc2ccco2)CC1. The lowest BCUT2D eigenvalue weighted by Gasteiger charge is -2.38. The molecule has 4 rings (SSSR count). The van der Waals surface area contributed by atoms with E-state index in [9.17, 15) is 4.79 Å². The summed E-state index contributed by atoms with van der Waals surface area (Å²) in [5, 5.41) is 3.19. The predicted molar refractivity (Wildman–Crippen MR) is 95.9 cm³/mol. The van der Waals surface area contributed by atoms with Crippen LogP contribution in [0.25, 0.3) is 0 Å². The van der Waals surface area contributed by atoms with Crippen LogP contribution in [0.3, 0.4) is 0 Å². The first-order valence-corrected chi connectivity index (χ1v) is 9.14. The minimum Gasteiger partial charge on any atom is -0.468 e. The largest absolute Gasteiger partial charge is 0.468 e. The first kappa shape index (κ1) is 16.4. The van der Waals surface area contributed by atoms with Gasteiger partial charge in [-0.1, -0.05) is 30.3 Å². The van der Waals surface area contributed by atoms with Crippen LogP contribution >= 0.6 is 0 Å². The topological polar surface area (TPSA) is 48.7 Å². The number of amides is 1. The second kappa shape index (κ2) is 7.42. The van der Waals surface area contributed by atoms with Crippen LogP contribution in [0.1, 0.15) is 30.2 Å². The summed E-state index contributed by atoms with van der Waals surface area (Å²) in [4.78, 5) is 17.5. The van der Waals surface area contributed by atoms with E-state index in [0.717, 1.165) is 56.9 Å². The summed E-state index contributed by atoms with van der Waals surface area (Å²) in [6, 6.07) is 14.3. The van der Waals surface area contributed by atoms with Crippen LogP contribution in [-0.2, 0) is 11.3 Å². The highest BCUT2D eigenvalue weighted by atomic mass is 16.3. The lowest BCUT2D eigenvalue weighted by atomic mass is 10.0. The summed E-state index contributed by atoms with van der Waals surface area (Å²) >= 11 is 0. The van der Waals surface area contributed by atoms with Crippen molar-refractivity contribution >= 4 is 5.91 Å². The van der Waals surface area contributed by atoms with E-state index < -0.39 is 0 Å². The maximum atomic E-state index is 12.8. The maximum Gasteiger partial charge on any atom is 0.242 e. The summed E-state index contributed by atoms with van der Waals surface area (Å²) in [7, 11) is 0. The molecular weight excluding hydrogens is 314 g/mol. The molecule has 1 amide bonds. The van der Waals surface area contributed by atoms with Gasteiger partial charge in [-0.3, -0.25) is 14.6 Å². The molecule has 5 heteroatoms. The van der Waals surface area contributed by atoms with Gasteiger partial charge in [-0.05, 0) is 30.5 Å². The van der Waals surface area contributed by atoms with Crippen molar-refractivity contribution in [2.75, 3.05) is 26.2 Å². The minimum atomic E-state index is -0.187. The fourth-order valence-corrected chi connectivity index (χ4v) is 3.47. The lowest BCUT2D eigenvalue weighted by Crippen LogP contribution is -2.50. The van der Waals surface area contributed by atoms with E-state index in [1.807, 2.05) is 30.3 Å². The number of piperazine rings is 1. The summed E-state index contributed by atoms with van der Waals surface area (Å²) in [5.41, 5.74) is 1.08. The fourth-order valence-electron chi connectivity index (χ4n) is 3.47. The number of rotatable bonds is 6. The zero-order valence-corrected chi connectivity index (χ0v) is 14.4. The second-order valence-corrected chi connectivity index (χ2v) is 6.99. The van der Waals surface area contributed by atoms with E-state index in [-0.39, 0.29) is 11.9 Å². The van der Waals surface area contributed by atoms with Gasteiger partial charge in [0.25, 0.3) is 0 Å². The van der Waals surface area contributed by atoms with E-state index in [2.05, 4.69) is 27.2 Å². The van der Waals surface area contributed by atoms with Crippen molar-refractivity contribution in [3.05, 3.63) is 60.1 Å². The Balaban J connectivity index is 1.42. The Kier molecular flexibility index (Phi) is 4.85. The Morgan fingerprint density at radius 2 is 1.84 bits per heavy atom. The van der Waals surface area contributed by atoms with Crippen molar-refractivity contribution in [1.29, 1.82) is 0 Å². The van der Waals surface area contributed by atoms with Crippen LogP contribution in [-0.4, -0.2) is 47.9 Å². The van der Waals surface area contributed by atoms with Crippen LogP contribution in [0.2, 0.25) is 0 Å². The van der Waals surface area contributed by atoms with E-state index in [1.54, 1.807) is 6.26 Å². The molecule has 2 aliphatic rings. The Morgan fingerprint density at radius 1 is 1.08 bits per heavy atom. The molecule has 1 aliphatic carbocycles. The molecule has 1 saturated carbocycles. The third-order valence-electron chi connectivity index (χ3n) is 5.02. The number of hydrogen-bond donors (Lipinski definition) is 1. The van der Waals surface area contributed by atoms with E-state index in [4.69, 9.17) is 4.42 Å². The molecule has 1 saturated heterocycles. The number of nitrogens with zero attached hydrogens (tertiary/aromatic N) is 2. The third-order valence-corrected chi connectivity index (χ3v) is 5.02. The smallest absolute Gasteiger partial charge is 0.242 e. The van der Waals surface area contributed by atoms with Gasteiger partial charge in [0.15, 0.2) is 0 Å². The first-order valence-electron chi connectivity index (χ1n) is 9.14. The average Bonchev–Trinajstić information content (AvgIpc) is 3.30. The molecule has 2 heterocycles. The number of furan rings is 1. The van der Waals surface area contributed by atoms with Crippen molar-refractivity contribution in [2.24, 2.45) is 0 Å². The summed E-state index contributed by atoms with van der Waals surface area (Å²) < 4.78 is 5.45. The number of benzene rings is 1. The fraction of sp³-hybridized carbons (Fsp3) is 0.450. The average molecular weight is 339 g/mol. The number of carbonyl (C=O) groups excluding carboxylic acids is 1. The molecular formula is C20H25N3O2. The monoisotopic (exact) mass is 339 g/mol. The summed E-state index contributed by atoms with van der Waals surface area (Å²) in [5.74, 6) is 1.15. The molecule has 1 aliphatic heterocycles. The van der Waals surface area contributed by atoms with E-state index in [1.165, 1.54) is 0 Å². The molecule has 25 heavy (non-hydrogen) atoms. The molecule has 0 bridgehead atoms. The number of carbonyl (C=O) groups is 1. The minimum absolute atomic E-state index is 0.146. The van der Waals surface area contributed by atoms with E-state index >= 15 is 0 Å². The molecule has 0 radical (unpaired) electrons. The normalized spacial score (nSPS) is 20.3. The van der Waals surface area contributed by atoms with Gasteiger partial charge < -0.3 is 9.73 Å². The molecule has 2 fully saturated rings. The molecule has 2 aromatic rings. The molecule has 1 atom stereocenters. The van der Waals surface area contributed by atoms with Crippen molar-refractivity contribution < 1.29 is 9.21 Å². The van der Waals surface area contributed by atoms with Gasteiger partial charge in [0.1, 0.15) is 11.8 Å². The van der Waals surface area contributed by atoms with Gasteiger partial charge in [-0.2, -0.15) is 0 Å². The predicted octanol–water partition coefficient (Wildman–Crippen LogP) is 2.42. The zero-order chi connectivity index (χ0) is 17.1. The zero-order valence-electron chi connectivity index (χ0n) is 14.4. The summed E-state index contributed by atoms with van der Waals surface area (Å²) in [6.07, 6.45) is 3.95. The Hall–Kier alpha value is -2.11. The van der Waals surface area contributed by atoms with Crippen LogP contribution < -0.4 is 5.32 Å². The molecule has 5 nitrogen and oxygen atoms in total. The van der Waals surface area contributed by atoms with Gasteiger partial charge in [0.2, 0.25) is 5.91 Å². The highest BCUT2D eigenvalue weighted by Gasteiger charge is 2.33. The Labute approximate surface area is 148 Å². The quantitative estimate of drug-likeness (QED) is 0.878. The van der Waals surface area contributed by atoms with Crippen LogP contribution in [0, 0.1) is 0 Å². The lowest BCUT2D eigenvalue weighted by molar-refractivity contribution is -0.127. The van der Waals surface area contributed by atoms with Crippen molar-refractivity contribution in [3.8, 4) is 0 Å². The maximum absolute atomic E-state index is 12.8. The molecule has 1 aromatic carbocycles. The number of nitrogens with one attached hydrogen (secondary N) is 1. The first-order chi connectivity index (χ1) is 12.3. The highest BCUT2D eigenvalue weighted by molar-refractivity contribution is 5.83. The number of hydrogen-bond acceptors (Lipinski definition) is 4. The van der Waals surface area contributed by atoms with E-state index in [0.29, 0.717) is 6.04 Å². The van der Waals surface area contributed by atoms with Crippen LogP contribution in [0.4, 0.5) is 0 Å². The Bertz CT molecular complexity index is 674.